The van der Waals surface area contributed by atoms with Gasteiger partial charge >= 0.3 is 5.97 Å². The van der Waals surface area contributed by atoms with Crippen molar-refractivity contribution in [3.8, 4) is 0 Å². The number of Topliss-reactive ketones (excluding diaryl/α,β-unsaturated/α-hetero) is 1. The van der Waals surface area contributed by atoms with E-state index in [1.165, 1.54) is 43.9 Å². The summed E-state index contributed by atoms with van der Waals surface area (Å²) in [5.41, 5.74) is 0.482. The molecular formula is C28H40O4. The SMILES string of the molecule is CC(=O)O[C@@]1(C(C)=O)CC[C@@H]2[C@H]3CC=C4C=C(OC5CCCC5)CC[C@@]4(C)[C@@H]3CC[C@@]21C. The fourth-order valence-corrected chi connectivity index (χ4v) is 8.67. The van der Waals surface area contributed by atoms with Gasteiger partial charge in [-0.15, -0.1) is 0 Å². The Balaban J connectivity index is 1.42. The van der Waals surface area contributed by atoms with Gasteiger partial charge in [-0.2, -0.15) is 0 Å². The molecule has 0 N–H and O–H groups in total. The van der Waals surface area contributed by atoms with Gasteiger partial charge in [-0.1, -0.05) is 19.9 Å². The molecule has 4 nitrogen and oxygen atoms in total. The average molecular weight is 441 g/mol. The fraction of sp³-hybridized carbons (Fsp3) is 0.786. The first-order valence-corrected chi connectivity index (χ1v) is 13.0. The van der Waals surface area contributed by atoms with Gasteiger partial charge in [0.1, 0.15) is 0 Å². The van der Waals surface area contributed by atoms with Crippen LogP contribution in [0.1, 0.15) is 98.3 Å². The van der Waals surface area contributed by atoms with Crippen molar-refractivity contribution in [1.82, 2.24) is 0 Å². The summed E-state index contributed by atoms with van der Waals surface area (Å²) in [6, 6.07) is 0. The summed E-state index contributed by atoms with van der Waals surface area (Å²) in [5, 5.41) is 0. The first-order valence-electron chi connectivity index (χ1n) is 13.0. The zero-order chi connectivity index (χ0) is 22.7. The number of carbonyl (C=O) groups is 2. The van der Waals surface area contributed by atoms with Crippen LogP contribution in [0.25, 0.3) is 0 Å². The monoisotopic (exact) mass is 440 g/mol. The maximum atomic E-state index is 12.9. The van der Waals surface area contributed by atoms with E-state index in [0.29, 0.717) is 30.3 Å². The molecule has 5 aliphatic carbocycles. The van der Waals surface area contributed by atoms with Crippen LogP contribution in [-0.4, -0.2) is 23.5 Å². The van der Waals surface area contributed by atoms with Crippen molar-refractivity contribution in [2.45, 2.75) is 110 Å². The van der Waals surface area contributed by atoms with Crippen LogP contribution in [0.4, 0.5) is 0 Å². The Bertz CT molecular complexity index is 865. The molecule has 0 saturated heterocycles. The standard InChI is InChI=1S/C28H40O4/c1-18(29)28(32-19(2)30)16-13-25-23-10-9-20-17-22(31-21-7-5-6-8-21)11-14-26(20,3)24(23)12-15-27(25,28)4/h9,17,21,23-25H,5-8,10-16H2,1-4H3/t23-,24+,25+,26+,27-,28+/m0/s1. The molecule has 0 spiro atoms. The number of allylic oxidation sites excluding steroid dienone is 4. The minimum Gasteiger partial charge on any atom is -0.495 e. The van der Waals surface area contributed by atoms with Crippen LogP contribution >= 0.6 is 0 Å². The molecule has 0 aliphatic heterocycles. The molecule has 0 aromatic rings. The predicted molar refractivity (Wildman–Crippen MR) is 124 cm³/mol. The number of rotatable bonds is 4. The quantitative estimate of drug-likeness (QED) is 0.482. The zero-order valence-electron chi connectivity index (χ0n) is 20.4. The molecule has 6 atom stereocenters. The highest BCUT2D eigenvalue weighted by molar-refractivity contribution is 5.89. The first kappa shape index (κ1) is 22.2. The van der Waals surface area contributed by atoms with Crippen LogP contribution in [0.5, 0.6) is 0 Å². The molecular weight excluding hydrogens is 400 g/mol. The topological polar surface area (TPSA) is 52.6 Å². The summed E-state index contributed by atoms with van der Waals surface area (Å²) < 4.78 is 12.3. The molecule has 32 heavy (non-hydrogen) atoms. The van der Waals surface area contributed by atoms with Crippen molar-refractivity contribution in [2.75, 3.05) is 0 Å². The molecule has 176 valence electrons. The highest BCUT2D eigenvalue weighted by Gasteiger charge is 2.67. The summed E-state index contributed by atoms with van der Waals surface area (Å²) >= 11 is 0. The van der Waals surface area contributed by atoms with Crippen molar-refractivity contribution < 1.29 is 19.1 Å². The highest BCUT2D eigenvalue weighted by Crippen LogP contribution is 2.67. The summed E-state index contributed by atoms with van der Waals surface area (Å²) in [6.45, 7) is 7.78. The first-order chi connectivity index (χ1) is 15.2. The third kappa shape index (κ3) is 3.15. The molecule has 0 unspecified atom stereocenters. The van der Waals surface area contributed by atoms with E-state index in [2.05, 4.69) is 26.0 Å². The third-order valence-electron chi connectivity index (χ3n) is 10.4. The van der Waals surface area contributed by atoms with E-state index in [1.54, 1.807) is 6.92 Å². The minimum atomic E-state index is -0.936. The molecule has 0 bridgehead atoms. The van der Waals surface area contributed by atoms with Crippen LogP contribution < -0.4 is 0 Å². The molecule has 0 radical (unpaired) electrons. The lowest BCUT2D eigenvalue weighted by Gasteiger charge is -2.58. The van der Waals surface area contributed by atoms with Gasteiger partial charge in [-0.3, -0.25) is 9.59 Å². The number of fused-ring (bicyclic) bond motifs is 5. The van der Waals surface area contributed by atoms with Crippen molar-refractivity contribution in [3.05, 3.63) is 23.5 Å². The van der Waals surface area contributed by atoms with Gasteiger partial charge in [0.25, 0.3) is 0 Å². The molecule has 3 fully saturated rings. The number of hydrogen-bond donors (Lipinski definition) is 0. The van der Waals surface area contributed by atoms with Gasteiger partial charge in [0.15, 0.2) is 11.4 Å². The Morgan fingerprint density at radius 2 is 1.69 bits per heavy atom. The normalized spacial score (nSPS) is 43.4. The average Bonchev–Trinajstić information content (AvgIpc) is 3.34. The molecule has 5 rings (SSSR count). The number of carbonyl (C=O) groups excluding carboxylic acids is 2. The van der Waals surface area contributed by atoms with Crippen molar-refractivity contribution >= 4 is 11.8 Å². The zero-order valence-corrected chi connectivity index (χ0v) is 20.4. The van der Waals surface area contributed by atoms with Crippen LogP contribution in [-0.2, 0) is 19.1 Å². The summed E-state index contributed by atoms with van der Waals surface area (Å²) in [6.07, 6.45) is 17.3. The van der Waals surface area contributed by atoms with E-state index in [1.807, 2.05) is 0 Å². The van der Waals surface area contributed by atoms with E-state index in [-0.39, 0.29) is 22.6 Å². The van der Waals surface area contributed by atoms with Gasteiger partial charge in [0.2, 0.25) is 0 Å². The van der Waals surface area contributed by atoms with Gasteiger partial charge in [0.05, 0.1) is 11.9 Å². The van der Waals surface area contributed by atoms with Gasteiger partial charge < -0.3 is 9.47 Å². The van der Waals surface area contributed by atoms with Crippen LogP contribution in [0.2, 0.25) is 0 Å². The summed E-state index contributed by atoms with van der Waals surface area (Å²) in [4.78, 5) is 24.9. The van der Waals surface area contributed by atoms with E-state index >= 15 is 0 Å². The Labute approximate surface area is 193 Å². The number of esters is 1. The maximum absolute atomic E-state index is 12.9. The van der Waals surface area contributed by atoms with Crippen molar-refractivity contribution in [2.24, 2.45) is 28.6 Å². The van der Waals surface area contributed by atoms with Gasteiger partial charge in [0, 0.05) is 18.8 Å². The second kappa shape index (κ2) is 7.74. The molecule has 0 amide bonds. The molecule has 0 aromatic heterocycles. The van der Waals surface area contributed by atoms with E-state index in [0.717, 1.165) is 38.5 Å². The molecule has 0 heterocycles. The lowest BCUT2D eigenvalue weighted by Crippen LogP contribution is -2.58. The number of ketones is 1. The molecule has 3 saturated carbocycles. The molecule has 5 aliphatic rings. The van der Waals surface area contributed by atoms with E-state index in [9.17, 15) is 9.59 Å². The predicted octanol–water partition coefficient (Wildman–Crippen LogP) is 6.29. The molecule has 0 aromatic carbocycles. The minimum absolute atomic E-state index is 0.0312. The van der Waals surface area contributed by atoms with Crippen molar-refractivity contribution in [3.63, 3.8) is 0 Å². The van der Waals surface area contributed by atoms with Gasteiger partial charge in [-0.25, -0.2) is 0 Å². The van der Waals surface area contributed by atoms with Gasteiger partial charge in [-0.05, 0) is 106 Å². The Morgan fingerprint density at radius 1 is 0.969 bits per heavy atom. The maximum Gasteiger partial charge on any atom is 0.303 e. The summed E-state index contributed by atoms with van der Waals surface area (Å²) in [7, 11) is 0. The Kier molecular flexibility index (Phi) is 5.37. The van der Waals surface area contributed by atoms with Crippen LogP contribution in [0.15, 0.2) is 23.5 Å². The van der Waals surface area contributed by atoms with E-state index < -0.39 is 5.60 Å². The second-order valence-electron chi connectivity index (χ2n) is 11.8. The number of hydrogen-bond acceptors (Lipinski definition) is 4. The van der Waals surface area contributed by atoms with Crippen LogP contribution in [0, 0.1) is 28.6 Å². The molecule has 4 heteroatoms. The Hall–Kier alpha value is -1.58. The van der Waals surface area contributed by atoms with Crippen LogP contribution in [0.3, 0.4) is 0 Å². The second-order valence-corrected chi connectivity index (χ2v) is 11.8. The lowest BCUT2D eigenvalue weighted by molar-refractivity contribution is -0.186. The highest BCUT2D eigenvalue weighted by atomic mass is 16.6. The Morgan fingerprint density at radius 3 is 2.38 bits per heavy atom. The summed E-state index contributed by atoms with van der Waals surface area (Å²) in [5.74, 6) is 2.53. The van der Waals surface area contributed by atoms with Crippen molar-refractivity contribution in [1.29, 1.82) is 0 Å². The third-order valence-corrected chi connectivity index (χ3v) is 10.4. The number of ether oxygens (including phenoxy) is 2. The smallest absolute Gasteiger partial charge is 0.303 e. The van der Waals surface area contributed by atoms with E-state index in [4.69, 9.17) is 9.47 Å². The largest absolute Gasteiger partial charge is 0.495 e. The lowest BCUT2D eigenvalue weighted by atomic mass is 9.47. The fourth-order valence-electron chi connectivity index (χ4n) is 8.67.